The summed E-state index contributed by atoms with van der Waals surface area (Å²) in [5.41, 5.74) is 0.0577. The van der Waals surface area contributed by atoms with Crippen LogP contribution in [0, 0.1) is 0 Å². The van der Waals surface area contributed by atoms with E-state index in [1.807, 2.05) is 0 Å². The molecule has 0 aliphatic heterocycles. The third-order valence-electron chi connectivity index (χ3n) is 2.71. The number of hydrogen-bond acceptors (Lipinski definition) is 4. The normalized spacial score (nSPS) is 12.4. The van der Waals surface area contributed by atoms with E-state index < -0.39 is 21.5 Å². The molecule has 20 heavy (non-hydrogen) atoms. The smallest absolute Gasteiger partial charge is 0.305 e. The molecule has 0 aromatic heterocycles. The highest BCUT2D eigenvalue weighted by molar-refractivity contribution is 7.89. The van der Waals surface area contributed by atoms with Gasteiger partial charge in [-0.2, -0.15) is 0 Å². The van der Waals surface area contributed by atoms with E-state index in [9.17, 15) is 13.2 Å². The van der Waals surface area contributed by atoms with Crippen molar-refractivity contribution >= 4 is 21.7 Å². The van der Waals surface area contributed by atoms with Gasteiger partial charge in [-0.1, -0.05) is 0 Å². The minimum atomic E-state index is -3.44. The molecule has 0 bridgehead atoms. The highest BCUT2D eigenvalue weighted by Gasteiger charge is 2.22. The van der Waals surface area contributed by atoms with Crippen LogP contribution in [0.4, 0.5) is 5.69 Å². The molecule has 0 fully saturated rings. The summed E-state index contributed by atoms with van der Waals surface area (Å²) in [5.74, 6) is -0.894. The Morgan fingerprint density at radius 1 is 1.25 bits per heavy atom. The first-order chi connectivity index (χ1) is 9.04. The van der Waals surface area contributed by atoms with Crippen LogP contribution in [-0.4, -0.2) is 43.4 Å². The second-order valence-corrected chi connectivity index (χ2v) is 7.54. The number of anilines is 1. The molecule has 0 atom stereocenters. The van der Waals surface area contributed by atoms with Crippen molar-refractivity contribution in [2.75, 3.05) is 19.4 Å². The molecule has 112 valence electrons. The van der Waals surface area contributed by atoms with Crippen LogP contribution in [-0.2, 0) is 14.8 Å². The number of carbonyl (C=O) groups is 1. The molecule has 6 nitrogen and oxygen atoms in total. The summed E-state index contributed by atoms with van der Waals surface area (Å²) in [4.78, 5) is 10.9. The quantitative estimate of drug-likeness (QED) is 0.833. The molecular formula is C13H20N2O4S. The van der Waals surface area contributed by atoms with E-state index in [0.717, 1.165) is 4.31 Å². The maximum absolute atomic E-state index is 11.9. The first-order valence-corrected chi connectivity index (χ1v) is 7.51. The van der Waals surface area contributed by atoms with Gasteiger partial charge in [-0.25, -0.2) is 12.7 Å². The van der Waals surface area contributed by atoms with Crippen LogP contribution in [0.25, 0.3) is 0 Å². The number of nitrogens with one attached hydrogen (secondary N) is 1. The lowest BCUT2D eigenvalue weighted by molar-refractivity contribution is -0.137. The maximum atomic E-state index is 11.9. The molecule has 1 rings (SSSR count). The summed E-state index contributed by atoms with van der Waals surface area (Å²) in [6.07, 6.45) is -0.0370. The van der Waals surface area contributed by atoms with Crippen LogP contribution < -0.4 is 5.32 Å². The van der Waals surface area contributed by atoms with Crippen LogP contribution in [0.5, 0.6) is 0 Å². The van der Waals surface area contributed by atoms with E-state index in [1.54, 1.807) is 26.0 Å². The lowest BCUT2D eigenvalue weighted by Gasteiger charge is -2.25. The van der Waals surface area contributed by atoms with Crippen LogP contribution in [0.15, 0.2) is 29.2 Å². The van der Waals surface area contributed by atoms with Crippen molar-refractivity contribution in [1.82, 2.24) is 4.31 Å². The van der Waals surface area contributed by atoms with Gasteiger partial charge in [-0.15, -0.1) is 0 Å². The summed E-state index contributed by atoms with van der Waals surface area (Å²) in [6.45, 7) is 3.54. The number of aliphatic carboxylic acids is 1. The Kier molecular flexibility index (Phi) is 4.77. The Bertz CT molecular complexity index is 577. The molecular weight excluding hydrogens is 280 g/mol. The van der Waals surface area contributed by atoms with Crippen LogP contribution >= 0.6 is 0 Å². The molecule has 7 heteroatoms. The molecule has 0 saturated carbocycles. The largest absolute Gasteiger partial charge is 0.481 e. The van der Waals surface area contributed by atoms with Crippen molar-refractivity contribution in [2.45, 2.75) is 30.7 Å². The van der Waals surface area contributed by atoms with E-state index >= 15 is 0 Å². The number of hydrogen-bond donors (Lipinski definition) is 2. The summed E-state index contributed by atoms with van der Waals surface area (Å²) in [5, 5.41) is 11.9. The van der Waals surface area contributed by atoms with Crippen LogP contribution in [0.1, 0.15) is 20.3 Å². The average molecular weight is 300 g/mol. The number of rotatable bonds is 6. The van der Waals surface area contributed by atoms with Crippen molar-refractivity contribution in [3.63, 3.8) is 0 Å². The van der Waals surface area contributed by atoms with Crippen molar-refractivity contribution in [3.05, 3.63) is 24.3 Å². The number of carboxylic acids is 1. The zero-order valence-electron chi connectivity index (χ0n) is 12.0. The van der Waals surface area contributed by atoms with E-state index in [-0.39, 0.29) is 11.3 Å². The number of benzene rings is 1. The molecule has 0 saturated heterocycles. The van der Waals surface area contributed by atoms with Gasteiger partial charge in [0.15, 0.2) is 0 Å². The summed E-state index contributed by atoms with van der Waals surface area (Å²) >= 11 is 0. The van der Waals surface area contributed by atoms with Gasteiger partial charge in [0.1, 0.15) is 0 Å². The average Bonchev–Trinajstić information content (AvgIpc) is 2.26. The minimum Gasteiger partial charge on any atom is -0.481 e. The topological polar surface area (TPSA) is 86.7 Å². The van der Waals surface area contributed by atoms with Crippen molar-refractivity contribution in [2.24, 2.45) is 0 Å². The first-order valence-electron chi connectivity index (χ1n) is 6.07. The molecule has 1 aromatic rings. The van der Waals surface area contributed by atoms with Gasteiger partial charge in [0.2, 0.25) is 10.0 Å². The van der Waals surface area contributed by atoms with Gasteiger partial charge in [0, 0.05) is 25.3 Å². The lowest BCUT2D eigenvalue weighted by Crippen LogP contribution is -2.33. The second kappa shape index (κ2) is 5.80. The fourth-order valence-electron chi connectivity index (χ4n) is 1.73. The molecule has 0 aliphatic rings. The Morgan fingerprint density at radius 2 is 1.75 bits per heavy atom. The number of sulfonamides is 1. The minimum absolute atomic E-state index is 0.0370. The molecule has 0 aliphatic carbocycles. The van der Waals surface area contributed by atoms with Gasteiger partial charge in [-0.05, 0) is 38.1 Å². The summed E-state index contributed by atoms with van der Waals surface area (Å²) in [7, 11) is -0.505. The Hall–Kier alpha value is -1.60. The van der Waals surface area contributed by atoms with Crippen molar-refractivity contribution < 1.29 is 18.3 Å². The lowest BCUT2D eigenvalue weighted by atomic mass is 10.0. The molecule has 0 heterocycles. The van der Waals surface area contributed by atoms with Crippen LogP contribution in [0.3, 0.4) is 0 Å². The molecule has 2 N–H and O–H groups in total. The van der Waals surface area contributed by atoms with Gasteiger partial charge < -0.3 is 10.4 Å². The predicted molar refractivity (Wildman–Crippen MR) is 77.3 cm³/mol. The van der Waals surface area contributed by atoms with Crippen LogP contribution in [0.2, 0.25) is 0 Å². The van der Waals surface area contributed by atoms with E-state index in [0.29, 0.717) is 5.69 Å². The van der Waals surface area contributed by atoms with Gasteiger partial charge in [0.25, 0.3) is 0 Å². The summed E-state index contributed by atoms with van der Waals surface area (Å²) < 4.78 is 24.9. The molecule has 0 spiro atoms. The number of carboxylic acid groups (broad SMARTS) is 1. The Balaban J connectivity index is 2.90. The van der Waals surface area contributed by atoms with Gasteiger partial charge in [0.05, 0.1) is 11.3 Å². The van der Waals surface area contributed by atoms with E-state index in [4.69, 9.17) is 5.11 Å². The maximum Gasteiger partial charge on any atom is 0.305 e. The number of nitrogens with zero attached hydrogens (tertiary/aromatic N) is 1. The van der Waals surface area contributed by atoms with E-state index in [2.05, 4.69) is 5.32 Å². The molecule has 0 amide bonds. The molecule has 1 aromatic carbocycles. The molecule has 0 unspecified atom stereocenters. The first kappa shape index (κ1) is 16.5. The third-order valence-corrected chi connectivity index (χ3v) is 4.54. The standard InChI is InChI=1S/C13H20N2O4S/c1-13(2,9-12(16)17)14-10-5-7-11(8-6-10)20(18,19)15(3)4/h5-8,14H,9H2,1-4H3,(H,16,17). The molecule has 0 radical (unpaired) electrons. The zero-order chi connectivity index (χ0) is 15.6. The SMILES string of the molecule is CN(C)S(=O)(=O)c1ccc(NC(C)(C)CC(=O)O)cc1. The fraction of sp³-hybridized carbons (Fsp3) is 0.462. The highest BCUT2D eigenvalue weighted by atomic mass is 32.2. The highest BCUT2D eigenvalue weighted by Crippen LogP contribution is 2.21. The van der Waals surface area contributed by atoms with Gasteiger partial charge >= 0.3 is 5.97 Å². The Labute approximate surface area is 119 Å². The second-order valence-electron chi connectivity index (χ2n) is 5.39. The fourth-order valence-corrected chi connectivity index (χ4v) is 2.64. The summed E-state index contributed by atoms with van der Waals surface area (Å²) in [6, 6.07) is 6.24. The predicted octanol–water partition coefficient (Wildman–Crippen LogP) is 1.60. The third kappa shape index (κ3) is 4.21. The van der Waals surface area contributed by atoms with Gasteiger partial charge in [-0.3, -0.25) is 4.79 Å². The van der Waals surface area contributed by atoms with Crippen molar-refractivity contribution in [1.29, 1.82) is 0 Å². The zero-order valence-corrected chi connectivity index (χ0v) is 12.9. The van der Waals surface area contributed by atoms with E-state index in [1.165, 1.54) is 26.2 Å². The van der Waals surface area contributed by atoms with Crippen molar-refractivity contribution in [3.8, 4) is 0 Å². The monoisotopic (exact) mass is 300 g/mol. The Morgan fingerprint density at radius 3 is 2.15 bits per heavy atom.